The molecule has 17 heavy (non-hydrogen) atoms. The maximum absolute atomic E-state index is 5.48. The molecule has 102 valence electrons. The van der Waals surface area contributed by atoms with E-state index in [1.165, 1.54) is 44.9 Å². The van der Waals surface area contributed by atoms with Gasteiger partial charge >= 0.3 is 0 Å². The first kappa shape index (κ1) is 18.8. The minimum Gasteiger partial charge on any atom is -0.381 e. The summed E-state index contributed by atoms with van der Waals surface area (Å²) < 4.78 is 5.48. The zero-order valence-electron chi connectivity index (χ0n) is 12.5. The maximum Gasteiger partial charge on any atom is 0.0466 e. The molecule has 0 saturated heterocycles. The van der Waals surface area contributed by atoms with Crippen LogP contribution in [0.2, 0.25) is 0 Å². The molecule has 0 aromatic carbocycles. The highest BCUT2D eigenvalue weighted by molar-refractivity contribution is 4.87. The summed E-state index contributed by atoms with van der Waals surface area (Å²) in [5.74, 6) is 0. The first-order chi connectivity index (χ1) is 8.18. The first-order valence-electron chi connectivity index (χ1n) is 7.10. The van der Waals surface area contributed by atoms with Gasteiger partial charge in [0.25, 0.3) is 0 Å². The second-order valence-corrected chi connectivity index (χ2v) is 4.56. The van der Waals surface area contributed by atoms with Gasteiger partial charge in [-0.3, -0.25) is 0 Å². The summed E-state index contributed by atoms with van der Waals surface area (Å²) >= 11 is 0. The lowest BCUT2D eigenvalue weighted by Gasteiger charge is -2.02. The van der Waals surface area contributed by atoms with E-state index in [1.54, 1.807) is 0 Å². The lowest BCUT2D eigenvalue weighted by Crippen LogP contribution is -1.96. The zero-order valence-corrected chi connectivity index (χ0v) is 12.5. The van der Waals surface area contributed by atoms with Crippen molar-refractivity contribution < 1.29 is 4.74 Å². The predicted octanol–water partition coefficient (Wildman–Crippen LogP) is 5.51. The van der Waals surface area contributed by atoms with Crippen molar-refractivity contribution in [2.75, 3.05) is 13.2 Å². The van der Waals surface area contributed by atoms with Crippen LogP contribution in [0.4, 0.5) is 0 Å². The number of rotatable bonds is 9. The molecule has 0 N–H and O–H groups in total. The van der Waals surface area contributed by atoms with E-state index in [4.69, 9.17) is 4.74 Å². The van der Waals surface area contributed by atoms with Gasteiger partial charge in [-0.1, -0.05) is 52.5 Å². The monoisotopic (exact) mass is 240 g/mol. The molecule has 1 heteroatoms. The van der Waals surface area contributed by atoms with Gasteiger partial charge in [-0.25, -0.2) is 0 Å². The molecule has 0 unspecified atom stereocenters. The van der Waals surface area contributed by atoms with Gasteiger partial charge < -0.3 is 4.74 Å². The van der Waals surface area contributed by atoms with Crippen molar-refractivity contribution in [2.45, 2.75) is 72.6 Å². The Morgan fingerprint density at radius 2 is 1.29 bits per heavy atom. The molecule has 0 heterocycles. The van der Waals surface area contributed by atoms with Crippen LogP contribution < -0.4 is 0 Å². The summed E-state index contributed by atoms with van der Waals surface area (Å²) in [7, 11) is 0. The minimum absolute atomic E-state index is 0.972. The van der Waals surface area contributed by atoms with Crippen LogP contribution in [0.25, 0.3) is 0 Å². The minimum atomic E-state index is 0.972. The van der Waals surface area contributed by atoms with Crippen molar-refractivity contribution in [3.63, 3.8) is 0 Å². The Bertz CT molecular complexity index is 164. The van der Waals surface area contributed by atoms with Gasteiger partial charge in [0.2, 0.25) is 0 Å². The Morgan fingerprint density at radius 1 is 0.882 bits per heavy atom. The van der Waals surface area contributed by atoms with Crippen LogP contribution in [-0.4, -0.2) is 13.2 Å². The van der Waals surface area contributed by atoms with Crippen molar-refractivity contribution in [3.8, 4) is 0 Å². The fourth-order valence-corrected chi connectivity index (χ4v) is 1.19. The molecular formula is C16H32O. The van der Waals surface area contributed by atoms with Crippen molar-refractivity contribution >= 4 is 0 Å². The number of ether oxygens (including phenoxy) is 1. The Labute approximate surface area is 109 Å². The highest BCUT2D eigenvalue weighted by Crippen LogP contribution is 2.00. The fourth-order valence-electron chi connectivity index (χ4n) is 1.19. The van der Waals surface area contributed by atoms with Crippen LogP contribution in [0, 0.1) is 0 Å². The van der Waals surface area contributed by atoms with Crippen molar-refractivity contribution in [1.82, 2.24) is 0 Å². The maximum atomic E-state index is 5.48. The van der Waals surface area contributed by atoms with Crippen LogP contribution in [0.5, 0.6) is 0 Å². The predicted molar refractivity (Wildman–Crippen MR) is 78.5 cm³/mol. The van der Waals surface area contributed by atoms with Crippen LogP contribution in [0.15, 0.2) is 17.9 Å². The Balaban J connectivity index is 0. The van der Waals surface area contributed by atoms with Gasteiger partial charge in [0.05, 0.1) is 0 Å². The fraction of sp³-hybridized carbons (Fsp3) is 0.812. The van der Waals surface area contributed by atoms with Gasteiger partial charge in [0.15, 0.2) is 0 Å². The molecule has 0 bridgehead atoms. The number of hydrogen-bond donors (Lipinski definition) is 0. The molecule has 0 aromatic rings. The van der Waals surface area contributed by atoms with E-state index in [0.29, 0.717) is 0 Å². The van der Waals surface area contributed by atoms with E-state index in [2.05, 4.69) is 26.2 Å². The number of unbranched alkanes of at least 4 members (excludes halogenated alkanes) is 5. The molecule has 0 amide bonds. The van der Waals surface area contributed by atoms with Gasteiger partial charge in [-0.2, -0.15) is 0 Å². The standard InChI is InChI=1S/C11H24O.C5H8/c1-3-5-7-9-11-12-10-8-6-4-2;1-4-5(2)3/h3-11H2,1-2H3;1H2,2-3H3. The van der Waals surface area contributed by atoms with Crippen LogP contribution >= 0.6 is 0 Å². The molecule has 0 aliphatic rings. The largest absolute Gasteiger partial charge is 0.381 e. The van der Waals surface area contributed by atoms with Gasteiger partial charge in [0, 0.05) is 13.2 Å². The van der Waals surface area contributed by atoms with Gasteiger partial charge in [-0.15, -0.1) is 5.73 Å². The highest BCUT2D eigenvalue weighted by Gasteiger charge is 1.89. The van der Waals surface area contributed by atoms with Crippen LogP contribution in [0.3, 0.4) is 0 Å². The van der Waals surface area contributed by atoms with Gasteiger partial charge in [-0.05, 0) is 32.3 Å². The molecule has 0 aliphatic heterocycles. The Kier molecular flexibility index (Phi) is 19.8. The normalized spacial score (nSPS) is 9.18. The summed E-state index contributed by atoms with van der Waals surface area (Å²) in [6, 6.07) is 0. The molecule has 0 radical (unpaired) electrons. The number of allylic oxidation sites excluding steroid dienone is 1. The van der Waals surface area contributed by atoms with Crippen LogP contribution in [-0.2, 0) is 4.74 Å². The summed E-state index contributed by atoms with van der Waals surface area (Å²) in [5, 5.41) is 0. The summed E-state index contributed by atoms with van der Waals surface area (Å²) in [5.41, 5.74) is 3.84. The van der Waals surface area contributed by atoms with E-state index in [0.717, 1.165) is 18.8 Å². The second-order valence-electron chi connectivity index (χ2n) is 4.56. The second kappa shape index (κ2) is 17.9. The average Bonchev–Trinajstić information content (AvgIpc) is 2.33. The van der Waals surface area contributed by atoms with Crippen molar-refractivity contribution in [2.24, 2.45) is 0 Å². The Morgan fingerprint density at radius 3 is 1.71 bits per heavy atom. The van der Waals surface area contributed by atoms with E-state index >= 15 is 0 Å². The first-order valence-corrected chi connectivity index (χ1v) is 7.10. The average molecular weight is 240 g/mol. The molecule has 0 fully saturated rings. The third-order valence-corrected chi connectivity index (χ3v) is 2.39. The van der Waals surface area contributed by atoms with E-state index in [-0.39, 0.29) is 0 Å². The van der Waals surface area contributed by atoms with Crippen LogP contribution in [0.1, 0.15) is 72.6 Å². The lowest BCUT2D eigenvalue weighted by molar-refractivity contribution is 0.126. The number of hydrogen-bond acceptors (Lipinski definition) is 1. The molecule has 0 rings (SSSR count). The molecule has 1 nitrogen and oxygen atoms in total. The summed E-state index contributed by atoms with van der Waals surface area (Å²) in [4.78, 5) is 0. The third kappa shape index (κ3) is 25.6. The molecule has 0 spiro atoms. The Hall–Kier alpha value is -0.520. The quantitative estimate of drug-likeness (QED) is 0.381. The molecule has 0 aliphatic carbocycles. The van der Waals surface area contributed by atoms with Crippen molar-refractivity contribution in [1.29, 1.82) is 0 Å². The summed E-state index contributed by atoms with van der Waals surface area (Å²) in [6.45, 7) is 13.7. The van der Waals surface area contributed by atoms with Gasteiger partial charge in [0.1, 0.15) is 0 Å². The summed E-state index contributed by atoms with van der Waals surface area (Å²) in [6.07, 6.45) is 9.11. The lowest BCUT2D eigenvalue weighted by atomic mass is 10.2. The van der Waals surface area contributed by atoms with E-state index in [1.807, 2.05) is 13.8 Å². The van der Waals surface area contributed by atoms with E-state index < -0.39 is 0 Å². The smallest absolute Gasteiger partial charge is 0.0466 e. The molecular weight excluding hydrogens is 208 g/mol. The highest BCUT2D eigenvalue weighted by atomic mass is 16.5. The van der Waals surface area contributed by atoms with Crippen molar-refractivity contribution in [3.05, 3.63) is 17.9 Å². The SMILES string of the molecule is C=C=C(C)C.CCCCCCOCCCCC. The van der Waals surface area contributed by atoms with E-state index in [9.17, 15) is 0 Å². The zero-order chi connectivity index (χ0) is 13.4. The molecule has 0 saturated carbocycles. The topological polar surface area (TPSA) is 9.23 Å². The molecule has 0 atom stereocenters. The molecule has 0 aromatic heterocycles. The third-order valence-electron chi connectivity index (χ3n) is 2.39.